The maximum atomic E-state index is 10.4. The number of benzene rings is 1. The van der Waals surface area contributed by atoms with Crippen LogP contribution in [0, 0.1) is 13.8 Å². The quantitative estimate of drug-likeness (QED) is 0.761. The largest absolute Gasteiger partial charge is 0.507 e. The topological polar surface area (TPSA) is 20.2 Å². The fourth-order valence-electron chi connectivity index (χ4n) is 2.84. The first kappa shape index (κ1) is 15.1. The van der Waals surface area contributed by atoms with Crippen molar-refractivity contribution in [1.82, 2.24) is 0 Å². The summed E-state index contributed by atoms with van der Waals surface area (Å²) in [6.45, 7) is 10.9. The lowest BCUT2D eigenvalue weighted by atomic mass is 9.86. The third kappa shape index (κ3) is 2.88. The Morgan fingerprint density at radius 2 is 1.11 bits per heavy atom. The van der Waals surface area contributed by atoms with Gasteiger partial charge in [0.15, 0.2) is 0 Å². The summed E-state index contributed by atoms with van der Waals surface area (Å²) >= 11 is 0. The molecule has 0 unspecified atom stereocenters. The molecule has 102 valence electrons. The van der Waals surface area contributed by atoms with Crippen molar-refractivity contribution >= 4 is 0 Å². The highest BCUT2D eigenvalue weighted by atomic mass is 16.3. The van der Waals surface area contributed by atoms with E-state index in [4.69, 9.17) is 0 Å². The molecule has 1 nitrogen and oxygen atoms in total. The first-order chi connectivity index (χ1) is 8.58. The molecule has 18 heavy (non-hydrogen) atoms. The van der Waals surface area contributed by atoms with Crippen molar-refractivity contribution in [2.24, 2.45) is 0 Å². The molecule has 0 spiro atoms. The highest BCUT2D eigenvalue weighted by molar-refractivity contribution is 5.54. The lowest BCUT2D eigenvalue weighted by molar-refractivity contribution is 0.460. The van der Waals surface area contributed by atoms with Gasteiger partial charge in [-0.2, -0.15) is 0 Å². The van der Waals surface area contributed by atoms with Crippen LogP contribution in [0.5, 0.6) is 5.75 Å². The zero-order chi connectivity index (χ0) is 13.7. The number of aromatic hydroxyl groups is 1. The summed E-state index contributed by atoms with van der Waals surface area (Å²) < 4.78 is 0. The van der Waals surface area contributed by atoms with Gasteiger partial charge < -0.3 is 5.11 Å². The van der Waals surface area contributed by atoms with Gasteiger partial charge >= 0.3 is 0 Å². The summed E-state index contributed by atoms with van der Waals surface area (Å²) in [6, 6.07) is 0. The molecule has 0 radical (unpaired) electrons. The van der Waals surface area contributed by atoms with Crippen LogP contribution in [0.2, 0.25) is 0 Å². The zero-order valence-corrected chi connectivity index (χ0v) is 12.7. The molecule has 0 bridgehead atoms. The van der Waals surface area contributed by atoms with Gasteiger partial charge in [-0.15, -0.1) is 0 Å². The third-order valence-corrected chi connectivity index (χ3v) is 3.88. The van der Waals surface area contributed by atoms with Crippen molar-refractivity contribution in [1.29, 1.82) is 0 Å². The fourth-order valence-corrected chi connectivity index (χ4v) is 2.84. The molecule has 0 saturated carbocycles. The van der Waals surface area contributed by atoms with E-state index in [2.05, 4.69) is 34.6 Å². The highest BCUT2D eigenvalue weighted by Gasteiger charge is 2.17. The molecule has 1 heteroatoms. The normalized spacial score (nSPS) is 10.9. The molecule has 1 aromatic carbocycles. The van der Waals surface area contributed by atoms with E-state index in [0.29, 0.717) is 5.75 Å². The van der Waals surface area contributed by atoms with Gasteiger partial charge in [0.25, 0.3) is 0 Å². The van der Waals surface area contributed by atoms with Crippen LogP contribution in [-0.4, -0.2) is 5.11 Å². The van der Waals surface area contributed by atoms with Gasteiger partial charge in [0.1, 0.15) is 5.75 Å². The molecule has 0 aromatic heterocycles. The Morgan fingerprint density at radius 1 is 0.667 bits per heavy atom. The summed E-state index contributed by atoms with van der Waals surface area (Å²) in [6.07, 6.45) is 6.65. The van der Waals surface area contributed by atoms with Crippen LogP contribution in [0.3, 0.4) is 0 Å². The Labute approximate surface area is 112 Å². The Kier molecular flexibility index (Phi) is 5.71. The summed E-state index contributed by atoms with van der Waals surface area (Å²) in [5, 5.41) is 10.4. The van der Waals surface area contributed by atoms with Crippen molar-refractivity contribution in [2.45, 2.75) is 73.1 Å². The average molecular weight is 248 g/mol. The molecule has 0 saturated heterocycles. The van der Waals surface area contributed by atoms with Crippen molar-refractivity contribution < 1.29 is 5.11 Å². The number of rotatable bonds is 6. The standard InChI is InChI=1S/C17H28O/c1-6-9-14-12(4)13(5)17(18)16(11-8-3)15(14)10-7-2/h18H,6-11H2,1-5H3. The van der Waals surface area contributed by atoms with Crippen molar-refractivity contribution in [2.75, 3.05) is 0 Å². The molecule has 1 rings (SSSR count). The van der Waals surface area contributed by atoms with E-state index >= 15 is 0 Å². The molecule has 0 atom stereocenters. The van der Waals surface area contributed by atoms with Gasteiger partial charge in [-0.25, -0.2) is 0 Å². The van der Waals surface area contributed by atoms with E-state index < -0.39 is 0 Å². The van der Waals surface area contributed by atoms with Crippen LogP contribution < -0.4 is 0 Å². The van der Waals surface area contributed by atoms with Crippen LogP contribution in [0.1, 0.15) is 67.9 Å². The van der Waals surface area contributed by atoms with Gasteiger partial charge in [0, 0.05) is 0 Å². The van der Waals surface area contributed by atoms with E-state index in [1.54, 1.807) is 0 Å². The predicted octanol–water partition coefficient (Wildman–Crippen LogP) is 4.87. The Bertz CT molecular complexity index is 372. The van der Waals surface area contributed by atoms with E-state index in [9.17, 15) is 5.11 Å². The predicted molar refractivity (Wildman–Crippen MR) is 79.6 cm³/mol. The molecule has 0 aliphatic carbocycles. The van der Waals surface area contributed by atoms with Crippen LogP contribution in [0.4, 0.5) is 0 Å². The maximum Gasteiger partial charge on any atom is 0.122 e. The number of phenols is 1. The Balaban J connectivity index is 3.46. The van der Waals surface area contributed by atoms with Gasteiger partial charge in [-0.3, -0.25) is 0 Å². The molecular weight excluding hydrogens is 220 g/mol. The molecule has 0 fully saturated rings. The fraction of sp³-hybridized carbons (Fsp3) is 0.647. The van der Waals surface area contributed by atoms with Gasteiger partial charge in [-0.05, 0) is 60.9 Å². The number of hydrogen-bond acceptors (Lipinski definition) is 1. The molecule has 1 aromatic rings. The van der Waals surface area contributed by atoms with Gasteiger partial charge in [0.2, 0.25) is 0 Å². The maximum absolute atomic E-state index is 10.4. The average Bonchev–Trinajstić information content (AvgIpc) is 2.36. The van der Waals surface area contributed by atoms with Crippen LogP contribution in [0.25, 0.3) is 0 Å². The number of hydrogen-bond donors (Lipinski definition) is 1. The minimum Gasteiger partial charge on any atom is -0.507 e. The second kappa shape index (κ2) is 6.82. The first-order valence-electron chi connectivity index (χ1n) is 7.41. The monoisotopic (exact) mass is 248 g/mol. The molecule has 0 amide bonds. The van der Waals surface area contributed by atoms with Crippen molar-refractivity contribution in [3.8, 4) is 5.75 Å². The van der Waals surface area contributed by atoms with E-state index in [1.807, 2.05) is 0 Å². The smallest absolute Gasteiger partial charge is 0.122 e. The SMILES string of the molecule is CCCc1c(C)c(C)c(O)c(CCC)c1CCC. The van der Waals surface area contributed by atoms with E-state index in [1.165, 1.54) is 28.7 Å². The van der Waals surface area contributed by atoms with Gasteiger partial charge in [-0.1, -0.05) is 40.0 Å². The minimum absolute atomic E-state index is 0.553. The number of phenolic OH excluding ortho intramolecular Hbond substituents is 1. The van der Waals surface area contributed by atoms with E-state index in [-0.39, 0.29) is 0 Å². The second-order valence-corrected chi connectivity index (χ2v) is 5.28. The summed E-state index contributed by atoms with van der Waals surface area (Å²) in [5.41, 5.74) is 6.53. The lowest BCUT2D eigenvalue weighted by Crippen LogP contribution is -2.06. The second-order valence-electron chi connectivity index (χ2n) is 5.28. The summed E-state index contributed by atoms with van der Waals surface area (Å²) in [5.74, 6) is 0.553. The third-order valence-electron chi connectivity index (χ3n) is 3.88. The van der Waals surface area contributed by atoms with Crippen molar-refractivity contribution in [3.63, 3.8) is 0 Å². The Morgan fingerprint density at radius 3 is 1.61 bits per heavy atom. The van der Waals surface area contributed by atoms with Crippen LogP contribution in [-0.2, 0) is 19.3 Å². The van der Waals surface area contributed by atoms with Crippen LogP contribution in [0.15, 0.2) is 0 Å². The lowest BCUT2D eigenvalue weighted by Gasteiger charge is -2.21. The molecular formula is C17H28O. The zero-order valence-electron chi connectivity index (χ0n) is 12.7. The molecule has 1 N–H and O–H groups in total. The van der Waals surface area contributed by atoms with Crippen LogP contribution >= 0.6 is 0 Å². The van der Waals surface area contributed by atoms with E-state index in [0.717, 1.165) is 37.7 Å². The first-order valence-corrected chi connectivity index (χ1v) is 7.41. The molecule has 0 aliphatic heterocycles. The summed E-state index contributed by atoms with van der Waals surface area (Å²) in [7, 11) is 0. The Hall–Kier alpha value is -0.980. The van der Waals surface area contributed by atoms with Crippen molar-refractivity contribution in [3.05, 3.63) is 27.8 Å². The van der Waals surface area contributed by atoms with Gasteiger partial charge in [0.05, 0.1) is 0 Å². The molecule has 0 aliphatic rings. The molecule has 0 heterocycles. The minimum atomic E-state index is 0.553. The highest BCUT2D eigenvalue weighted by Crippen LogP contribution is 2.34. The summed E-state index contributed by atoms with van der Waals surface area (Å²) in [4.78, 5) is 0.